The van der Waals surface area contributed by atoms with E-state index >= 15 is 0 Å². The molecule has 0 amide bonds. The van der Waals surface area contributed by atoms with Crippen LogP contribution in [0.2, 0.25) is 0 Å². The molecule has 2 heterocycles. The maximum Gasteiger partial charge on any atom is 0.134 e. The molecule has 1 aliphatic rings. The van der Waals surface area contributed by atoms with Crippen molar-refractivity contribution < 1.29 is 9.52 Å². The van der Waals surface area contributed by atoms with Gasteiger partial charge in [0.2, 0.25) is 0 Å². The summed E-state index contributed by atoms with van der Waals surface area (Å²) in [6.07, 6.45) is 0.575. The van der Waals surface area contributed by atoms with Gasteiger partial charge in [-0.15, -0.1) is 0 Å². The van der Waals surface area contributed by atoms with E-state index in [1.165, 1.54) is 5.56 Å². The third kappa shape index (κ3) is 2.19. The fourth-order valence-corrected chi connectivity index (χ4v) is 2.21. The minimum Gasteiger partial charge on any atom is -0.461 e. The van der Waals surface area contributed by atoms with Crippen molar-refractivity contribution in [3.63, 3.8) is 0 Å². The third-order valence-corrected chi connectivity index (χ3v) is 3.41. The third-order valence-electron chi connectivity index (χ3n) is 3.41. The fourth-order valence-electron chi connectivity index (χ4n) is 2.21. The molecular weight excluding hydrogens is 226 g/mol. The molecule has 2 aromatic rings. The Balaban J connectivity index is 1.78. The Bertz CT molecular complexity index is 538. The molecule has 1 aromatic carbocycles. The molecule has 0 spiro atoms. The van der Waals surface area contributed by atoms with Gasteiger partial charge < -0.3 is 14.8 Å². The van der Waals surface area contributed by atoms with Crippen LogP contribution in [0.3, 0.4) is 0 Å². The van der Waals surface area contributed by atoms with E-state index in [0.717, 1.165) is 17.1 Å². The van der Waals surface area contributed by atoms with Gasteiger partial charge in [-0.2, -0.15) is 0 Å². The number of rotatable bonds is 3. The first-order valence-corrected chi connectivity index (χ1v) is 6.24. The summed E-state index contributed by atoms with van der Waals surface area (Å²) in [6, 6.07) is 12.2. The molecule has 2 N–H and O–H groups in total. The highest BCUT2D eigenvalue weighted by molar-refractivity contribution is 5.57. The molecule has 0 aliphatic carbocycles. The monoisotopic (exact) mass is 243 g/mol. The highest BCUT2D eigenvalue weighted by Gasteiger charge is 2.35. The zero-order chi connectivity index (χ0) is 12.6. The Hall–Kier alpha value is -1.58. The molecular formula is C15H17NO2. The molecule has 0 atom stereocenters. The van der Waals surface area contributed by atoms with Gasteiger partial charge in [0.05, 0.1) is 5.60 Å². The van der Waals surface area contributed by atoms with Gasteiger partial charge in [-0.1, -0.05) is 29.8 Å². The quantitative estimate of drug-likeness (QED) is 0.868. The van der Waals surface area contributed by atoms with Gasteiger partial charge in [0.15, 0.2) is 0 Å². The van der Waals surface area contributed by atoms with Crippen LogP contribution < -0.4 is 5.32 Å². The van der Waals surface area contributed by atoms with Crippen molar-refractivity contribution in [1.29, 1.82) is 0 Å². The molecule has 0 unspecified atom stereocenters. The van der Waals surface area contributed by atoms with Gasteiger partial charge in [-0.05, 0) is 19.1 Å². The standard InChI is InChI=1S/C15H17NO2/c1-11-2-4-12(5-3-11)14-7-6-13(18-14)8-15(17)9-16-10-15/h2-7,16-17H,8-10H2,1H3. The van der Waals surface area contributed by atoms with E-state index in [9.17, 15) is 5.11 Å². The lowest BCUT2D eigenvalue weighted by Crippen LogP contribution is -2.60. The van der Waals surface area contributed by atoms with Crippen molar-refractivity contribution in [2.75, 3.05) is 13.1 Å². The van der Waals surface area contributed by atoms with Gasteiger partial charge >= 0.3 is 0 Å². The maximum atomic E-state index is 10.1. The summed E-state index contributed by atoms with van der Waals surface area (Å²) in [5.74, 6) is 1.70. The Morgan fingerprint density at radius 3 is 2.50 bits per heavy atom. The van der Waals surface area contributed by atoms with Crippen LogP contribution >= 0.6 is 0 Å². The number of β-amino-alcohol motifs (C(OH)–C–C–N with tert-alkyl or cyclic N) is 1. The van der Waals surface area contributed by atoms with Crippen LogP contribution in [-0.4, -0.2) is 23.8 Å². The van der Waals surface area contributed by atoms with Crippen LogP contribution in [0.25, 0.3) is 11.3 Å². The summed E-state index contributed by atoms with van der Waals surface area (Å²) in [6.45, 7) is 3.36. The summed E-state index contributed by atoms with van der Waals surface area (Å²) >= 11 is 0. The van der Waals surface area contributed by atoms with Crippen LogP contribution in [0, 0.1) is 6.92 Å². The average molecular weight is 243 g/mol. The summed E-state index contributed by atoms with van der Waals surface area (Å²) < 4.78 is 5.79. The summed E-state index contributed by atoms with van der Waals surface area (Å²) in [4.78, 5) is 0. The van der Waals surface area contributed by atoms with Crippen LogP contribution in [0.4, 0.5) is 0 Å². The highest BCUT2D eigenvalue weighted by Crippen LogP contribution is 2.25. The van der Waals surface area contributed by atoms with Crippen molar-refractivity contribution in [2.24, 2.45) is 0 Å². The lowest BCUT2D eigenvalue weighted by atomic mass is 9.92. The van der Waals surface area contributed by atoms with Gasteiger partial charge in [0, 0.05) is 25.1 Å². The van der Waals surface area contributed by atoms with Gasteiger partial charge in [-0.3, -0.25) is 0 Å². The molecule has 3 nitrogen and oxygen atoms in total. The van der Waals surface area contributed by atoms with E-state index < -0.39 is 5.60 Å². The Morgan fingerprint density at radius 1 is 1.17 bits per heavy atom. The van der Waals surface area contributed by atoms with Crippen molar-refractivity contribution >= 4 is 0 Å². The van der Waals surface area contributed by atoms with Crippen molar-refractivity contribution in [3.05, 3.63) is 47.7 Å². The van der Waals surface area contributed by atoms with Gasteiger partial charge in [0.1, 0.15) is 11.5 Å². The predicted octanol–water partition coefficient (Wildman–Crippen LogP) is 2.13. The zero-order valence-electron chi connectivity index (χ0n) is 10.4. The minimum atomic E-state index is -0.623. The Morgan fingerprint density at radius 2 is 1.89 bits per heavy atom. The van der Waals surface area contributed by atoms with Crippen molar-refractivity contribution in [1.82, 2.24) is 5.32 Å². The molecule has 0 saturated carbocycles. The second-order valence-corrected chi connectivity index (χ2v) is 5.14. The van der Waals surface area contributed by atoms with Crippen LogP contribution in [-0.2, 0) is 6.42 Å². The molecule has 18 heavy (non-hydrogen) atoms. The number of aryl methyl sites for hydroxylation is 1. The maximum absolute atomic E-state index is 10.1. The normalized spacial score (nSPS) is 17.4. The molecule has 3 rings (SSSR count). The average Bonchev–Trinajstić information content (AvgIpc) is 2.76. The molecule has 0 radical (unpaired) electrons. The Kier molecular flexibility index (Phi) is 2.73. The molecule has 0 bridgehead atoms. The second-order valence-electron chi connectivity index (χ2n) is 5.14. The number of aliphatic hydroxyl groups is 1. The minimum absolute atomic E-state index is 0.575. The smallest absolute Gasteiger partial charge is 0.134 e. The van der Waals surface area contributed by atoms with E-state index in [1.54, 1.807) is 0 Å². The van der Waals surface area contributed by atoms with E-state index in [0.29, 0.717) is 19.5 Å². The second kappa shape index (κ2) is 4.26. The van der Waals surface area contributed by atoms with E-state index in [4.69, 9.17) is 4.42 Å². The molecule has 1 aromatic heterocycles. The predicted molar refractivity (Wildman–Crippen MR) is 70.4 cm³/mol. The van der Waals surface area contributed by atoms with Crippen LogP contribution in [0.15, 0.2) is 40.8 Å². The lowest BCUT2D eigenvalue weighted by Gasteiger charge is -2.36. The number of benzene rings is 1. The number of hydrogen-bond donors (Lipinski definition) is 2. The number of furan rings is 1. The molecule has 94 valence electrons. The fraction of sp³-hybridized carbons (Fsp3) is 0.333. The molecule has 1 fully saturated rings. The number of nitrogens with one attached hydrogen (secondary N) is 1. The van der Waals surface area contributed by atoms with Crippen LogP contribution in [0.5, 0.6) is 0 Å². The highest BCUT2D eigenvalue weighted by atomic mass is 16.3. The first kappa shape index (κ1) is 11.5. The van der Waals surface area contributed by atoms with Gasteiger partial charge in [0.25, 0.3) is 0 Å². The molecule has 1 saturated heterocycles. The summed E-state index contributed by atoms with van der Waals surface area (Å²) in [5, 5.41) is 13.1. The van der Waals surface area contributed by atoms with Crippen molar-refractivity contribution in [2.45, 2.75) is 18.9 Å². The molecule has 3 heteroatoms. The van der Waals surface area contributed by atoms with E-state index in [1.807, 2.05) is 12.1 Å². The molecule has 1 aliphatic heterocycles. The summed E-state index contributed by atoms with van der Waals surface area (Å²) in [7, 11) is 0. The Labute approximate surface area is 106 Å². The largest absolute Gasteiger partial charge is 0.461 e. The van der Waals surface area contributed by atoms with Crippen molar-refractivity contribution in [3.8, 4) is 11.3 Å². The first-order valence-electron chi connectivity index (χ1n) is 6.24. The lowest BCUT2D eigenvalue weighted by molar-refractivity contribution is -0.0129. The SMILES string of the molecule is Cc1ccc(-c2ccc(CC3(O)CNC3)o2)cc1. The van der Waals surface area contributed by atoms with Gasteiger partial charge in [-0.25, -0.2) is 0 Å². The van der Waals surface area contributed by atoms with E-state index in [2.05, 4.69) is 36.5 Å². The van der Waals surface area contributed by atoms with E-state index in [-0.39, 0.29) is 0 Å². The zero-order valence-corrected chi connectivity index (χ0v) is 10.4. The summed E-state index contributed by atoms with van der Waals surface area (Å²) in [5.41, 5.74) is 1.69. The topological polar surface area (TPSA) is 45.4 Å². The van der Waals surface area contributed by atoms with Crippen LogP contribution in [0.1, 0.15) is 11.3 Å². The number of hydrogen-bond acceptors (Lipinski definition) is 3. The first-order chi connectivity index (χ1) is 8.65.